The van der Waals surface area contributed by atoms with E-state index < -0.39 is 16.6 Å². The molecule has 0 radical (unpaired) electrons. The molecule has 0 aromatic heterocycles. The number of urea groups is 1. The van der Waals surface area contributed by atoms with Crippen LogP contribution in [0.25, 0.3) is 0 Å². The number of nitrogens with one attached hydrogen (secondary N) is 1. The predicted octanol–water partition coefficient (Wildman–Crippen LogP) is 4.27. The summed E-state index contributed by atoms with van der Waals surface area (Å²) in [5, 5.41) is 0.331. The maximum Gasteiger partial charge on any atom is 0.334 e. The first-order valence-corrected chi connectivity index (χ1v) is 6.90. The average molecular weight is 337 g/mol. The van der Waals surface area contributed by atoms with Crippen LogP contribution in [0.15, 0.2) is 54.6 Å². The third-order valence-electron chi connectivity index (χ3n) is 2.75. The molecule has 0 aliphatic carbocycles. The number of hydrogen-bond donors (Lipinski definition) is 1. The average Bonchev–Trinajstić information content (AvgIpc) is 2.48. The third kappa shape index (κ3) is 3.84. The predicted molar refractivity (Wildman–Crippen MR) is 85.0 cm³/mol. The Bertz CT molecular complexity index is 720. The summed E-state index contributed by atoms with van der Waals surface area (Å²) in [5.74, 6) is 0. The highest BCUT2D eigenvalue weighted by Gasteiger charge is 2.20. The van der Waals surface area contributed by atoms with Crippen molar-refractivity contribution in [3.8, 4) is 0 Å². The van der Waals surface area contributed by atoms with Gasteiger partial charge in [-0.25, -0.2) is 4.79 Å². The number of imide groups is 1. The van der Waals surface area contributed by atoms with E-state index in [-0.39, 0.29) is 5.56 Å². The van der Waals surface area contributed by atoms with E-state index >= 15 is 0 Å². The lowest BCUT2D eigenvalue weighted by atomic mass is 10.2. The van der Waals surface area contributed by atoms with Crippen molar-refractivity contribution in [2.24, 2.45) is 0 Å². The number of carbonyl (C=O) groups is 3. The van der Waals surface area contributed by atoms with Crippen LogP contribution in [-0.2, 0) is 0 Å². The Morgan fingerprint density at radius 1 is 0.864 bits per heavy atom. The van der Waals surface area contributed by atoms with E-state index in [1.807, 2.05) is 5.32 Å². The van der Waals surface area contributed by atoms with E-state index in [9.17, 15) is 14.4 Å². The van der Waals surface area contributed by atoms with Crippen LogP contribution in [0.4, 0.5) is 21.0 Å². The Morgan fingerprint density at radius 3 is 2.09 bits per heavy atom. The highest BCUT2D eigenvalue weighted by atomic mass is 35.5. The van der Waals surface area contributed by atoms with Crippen LogP contribution in [0.1, 0.15) is 10.4 Å². The zero-order valence-electron chi connectivity index (χ0n) is 11.1. The van der Waals surface area contributed by atoms with Gasteiger partial charge < -0.3 is 0 Å². The molecule has 0 aliphatic rings. The van der Waals surface area contributed by atoms with Gasteiger partial charge in [-0.05, 0) is 53.5 Å². The first-order valence-electron chi connectivity index (χ1n) is 6.14. The number of amides is 3. The number of anilines is 2. The largest absolute Gasteiger partial charge is 0.334 e. The van der Waals surface area contributed by atoms with Crippen molar-refractivity contribution in [3.63, 3.8) is 0 Å². The molecule has 3 amide bonds. The normalized spacial score (nSPS) is 9.91. The Kier molecular flexibility index (Phi) is 5.14. The molecule has 0 unspecified atom stereocenters. The molecule has 0 atom stereocenters. The van der Waals surface area contributed by atoms with Crippen LogP contribution in [-0.4, -0.2) is 16.6 Å². The summed E-state index contributed by atoms with van der Waals surface area (Å²) in [6, 6.07) is 14.0. The molecular weight excluding hydrogens is 327 g/mol. The summed E-state index contributed by atoms with van der Waals surface area (Å²) in [5.41, 5.74) is 1.09. The fourth-order valence-electron chi connectivity index (χ4n) is 1.87. The van der Waals surface area contributed by atoms with E-state index in [1.54, 1.807) is 42.5 Å². The third-order valence-corrected chi connectivity index (χ3v) is 3.07. The molecule has 22 heavy (non-hydrogen) atoms. The topological polar surface area (TPSA) is 66.5 Å². The van der Waals surface area contributed by atoms with E-state index in [2.05, 4.69) is 0 Å². The van der Waals surface area contributed by atoms with Gasteiger partial charge in [0.2, 0.25) is 0 Å². The summed E-state index contributed by atoms with van der Waals surface area (Å²) in [7, 11) is 0. The Balaban J connectivity index is 2.49. The van der Waals surface area contributed by atoms with Crippen molar-refractivity contribution < 1.29 is 14.4 Å². The molecule has 0 saturated carbocycles. The monoisotopic (exact) mass is 336 g/mol. The zero-order valence-corrected chi connectivity index (χ0v) is 12.6. The molecule has 1 N–H and O–H groups in total. The van der Waals surface area contributed by atoms with Gasteiger partial charge >= 0.3 is 11.4 Å². The summed E-state index contributed by atoms with van der Waals surface area (Å²) in [4.78, 5) is 35.6. The van der Waals surface area contributed by atoms with Crippen LogP contribution in [0.3, 0.4) is 0 Å². The van der Waals surface area contributed by atoms with E-state index in [1.165, 1.54) is 17.0 Å². The molecule has 112 valence electrons. The fourth-order valence-corrected chi connectivity index (χ4v) is 2.07. The molecular formula is C15H10Cl2N2O3. The molecule has 2 aromatic rings. The summed E-state index contributed by atoms with van der Waals surface area (Å²) in [6.45, 7) is 0. The Hall–Kier alpha value is -2.37. The lowest BCUT2D eigenvalue weighted by Crippen LogP contribution is -2.38. The van der Waals surface area contributed by atoms with E-state index in [0.717, 1.165) is 0 Å². The standard InChI is InChI=1S/C15H10Cl2N2O3/c16-13(20)10-5-4-8-12(9-10)19(15(22)18-14(17)21)11-6-2-1-3-7-11/h1-9H,(H,18,21,22). The lowest BCUT2D eigenvalue weighted by molar-refractivity contribution is 0.108. The maximum absolute atomic E-state index is 12.2. The smallest absolute Gasteiger partial charge is 0.276 e. The number of nitrogens with zero attached hydrogens (tertiary/aromatic N) is 1. The second-order valence-corrected chi connectivity index (χ2v) is 4.89. The Morgan fingerprint density at radius 2 is 1.50 bits per heavy atom. The summed E-state index contributed by atoms with van der Waals surface area (Å²) < 4.78 is 0. The molecule has 0 heterocycles. The van der Waals surface area contributed by atoms with Gasteiger partial charge in [-0.3, -0.25) is 19.8 Å². The number of carbonyl (C=O) groups excluding carboxylic acids is 3. The second kappa shape index (κ2) is 7.06. The number of para-hydroxylation sites is 1. The van der Waals surface area contributed by atoms with Gasteiger partial charge in [-0.1, -0.05) is 24.3 Å². The van der Waals surface area contributed by atoms with Crippen molar-refractivity contribution in [2.75, 3.05) is 4.90 Å². The number of halogens is 2. The van der Waals surface area contributed by atoms with Gasteiger partial charge in [0.15, 0.2) is 0 Å². The van der Waals surface area contributed by atoms with Crippen molar-refractivity contribution >= 4 is 51.2 Å². The molecule has 0 aliphatic heterocycles. The number of hydrogen-bond acceptors (Lipinski definition) is 3. The van der Waals surface area contributed by atoms with Crippen molar-refractivity contribution in [3.05, 3.63) is 60.2 Å². The molecule has 7 heteroatoms. The molecule has 0 saturated heterocycles. The van der Waals surface area contributed by atoms with Crippen LogP contribution in [0, 0.1) is 0 Å². The summed E-state index contributed by atoms with van der Waals surface area (Å²) >= 11 is 10.7. The summed E-state index contributed by atoms with van der Waals surface area (Å²) in [6.07, 6.45) is 0. The SMILES string of the molecule is O=C(Cl)NC(=O)N(c1ccccc1)c1cccc(C(=O)Cl)c1. The van der Waals surface area contributed by atoms with Gasteiger partial charge in [0.25, 0.3) is 5.24 Å². The van der Waals surface area contributed by atoms with Crippen molar-refractivity contribution in [1.82, 2.24) is 5.32 Å². The molecule has 0 spiro atoms. The fraction of sp³-hybridized carbons (Fsp3) is 0. The lowest BCUT2D eigenvalue weighted by Gasteiger charge is -2.22. The van der Waals surface area contributed by atoms with Gasteiger partial charge in [0.05, 0.1) is 11.4 Å². The second-order valence-electron chi connectivity index (χ2n) is 4.20. The molecule has 0 bridgehead atoms. The maximum atomic E-state index is 12.2. The van der Waals surface area contributed by atoms with Crippen molar-refractivity contribution in [1.29, 1.82) is 0 Å². The molecule has 2 aromatic carbocycles. The van der Waals surface area contributed by atoms with Crippen LogP contribution in [0.2, 0.25) is 0 Å². The molecule has 2 rings (SSSR count). The van der Waals surface area contributed by atoms with Crippen LogP contribution in [0.5, 0.6) is 0 Å². The first-order chi connectivity index (χ1) is 10.5. The van der Waals surface area contributed by atoms with Gasteiger partial charge in [-0.15, -0.1) is 0 Å². The van der Waals surface area contributed by atoms with Crippen LogP contribution < -0.4 is 10.2 Å². The van der Waals surface area contributed by atoms with Crippen molar-refractivity contribution in [2.45, 2.75) is 0 Å². The highest BCUT2D eigenvalue weighted by Crippen LogP contribution is 2.26. The first kappa shape index (κ1) is 16.0. The quantitative estimate of drug-likeness (QED) is 0.672. The van der Waals surface area contributed by atoms with Gasteiger partial charge in [-0.2, -0.15) is 0 Å². The number of rotatable bonds is 3. The number of benzene rings is 2. The molecule has 0 fully saturated rings. The zero-order chi connectivity index (χ0) is 16.1. The Labute approximate surface area is 136 Å². The van der Waals surface area contributed by atoms with Gasteiger partial charge in [0, 0.05) is 5.56 Å². The van der Waals surface area contributed by atoms with Crippen LogP contribution >= 0.6 is 23.2 Å². The molecule has 5 nitrogen and oxygen atoms in total. The minimum absolute atomic E-state index is 0.227. The van der Waals surface area contributed by atoms with E-state index in [0.29, 0.717) is 11.4 Å². The van der Waals surface area contributed by atoms with Gasteiger partial charge in [0.1, 0.15) is 0 Å². The highest BCUT2D eigenvalue weighted by molar-refractivity contribution is 6.67. The minimum atomic E-state index is -1.00. The van der Waals surface area contributed by atoms with E-state index in [4.69, 9.17) is 23.2 Å². The minimum Gasteiger partial charge on any atom is -0.276 e.